The molecule has 3 nitrogen and oxygen atoms in total. The Morgan fingerprint density at radius 1 is 0.886 bits per heavy atom. The first-order valence-electron chi connectivity index (χ1n) is 10.4. The summed E-state index contributed by atoms with van der Waals surface area (Å²) in [6.07, 6.45) is -2.00. The summed E-state index contributed by atoms with van der Waals surface area (Å²) in [5.41, 5.74) is 1.45. The number of nitriles is 1. The standard InChI is InChI=1S/C27H17Cl2F3N2O/c28-24-10-7-17(12-25(24)29)16-35-26(20-4-3-11-34-15-20)18-8-9-19(14-33)22(13-18)21-5-1-2-6-23(21)27(30,31)32/h1-13,15,26H,16H2. The summed E-state index contributed by atoms with van der Waals surface area (Å²) >= 11 is 12.1. The molecule has 0 saturated heterocycles. The van der Waals surface area contributed by atoms with Crippen molar-refractivity contribution in [3.05, 3.63) is 123 Å². The van der Waals surface area contributed by atoms with Gasteiger partial charge in [-0.2, -0.15) is 18.4 Å². The van der Waals surface area contributed by atoms with Gasteiger partial charge in [-0.1, -0.05) is 59.6 Å². The van der Waals surface area contributed by atoms with Crippen LogP contribution >= 0.6 is 23.2 Å². The summed E-state index contributed by atoms with van der Waals surface area (Å²) in [7, 11) is 0. The van der Waals surface area contributed by atoms with Crippen molar-refractivity contribution < 1.29 is 17.9 Å². The maximum absolute atomic E-state index is 13.7. The number of halogens is 5. The van der Waals surface area contributed by atoms with Crippen LogP contribution in [0, 0.1) is 11.3 Å². The fraction of sp³-hybridized carbons (Fsp3) is 0.111. The van der Waals surface area contributed by atoms with Gasteiger partial charge in [0.2, 0.25) is 0 Å². The summed E-state index contributed by atoms with van der Waals surface area (Å²) in [4.78, 5) is 4.15. The van der Waals surface area contributed by atoms with Crippen LogP contribution in [0.3, 0.4) is 0 Å². The molecule has 3 aromatic carbocycles. The van der Waals surface area contributed by atoms with Crippen molar-refractivity contribution in [3.8, 4) is 17.2 Å². The average molecular weight is 513 g/mol. The molecule has 0 aliphatic carbocycles. The molecule has 0 aliphatic heterocycles. The second kappa shape index (κ2) is 10.5. The van der Waals surface area contributed by atoms with E-state index in [1.54, 1.807) is 48.8 Å². The summed E-state index contributed by atoms with van der Waals surface area (Å²) in [5, 5.41) is 10.4. The molecule has 0 N–H and O–H groups in total. The van der Waals surface area contributed by atoms with Gasteiger partial charge in [0, 0.05) is 23.5 Å². The van der Waals surface area contributed by atoms with Gasteiger partial charge in [-0.25, -0.2) is 0 Å². The Balaban J connectivity index is 1.79. The molecule has 0 fully saturated rings. The molecule has 8 heteroatoms. The van der Waals surface area contributed by atoms with Crippen LogP contribution in [0.2, 0.25) is 10.0 Å². The molecule has 0 bridgehead atoms. The van der Waals surface area contributed by atoms with Gasteiger partial charge < -0.3 is 4.74 Å². The van der Waals surface area contributed by atoms with E-state index in [0.29, 0.717) is 21.2 Å². The summed E-state index contributed by atoms with van der Waals surface area (Å²) < 4.78 is 47.4. The molecule has 0 spiro atoms. The predicted molar refractivity (Wildman–Crippen MR) is 129 cm³/mol. The monoisotopic (exact) mass is 512 g/mol. The van der Waals surface area contributed by atoms with Crippen molar-refractivity contribution >= 4 is 23.2 Å². The number of aromatic nitrogens is 1. The Morgan fingerprint density at radius 3 is 2.37 bits per heavy atom. The lowest BCUT2D eigenvalue weighted by Crippen LogP contribution is -2.09. The highest BCUT2D eigenvalue weighted by atomic mass is 35.5. The lowest BCUT2D eigenvalue weighted by molar-refractivity contribution is -0.137. The molecule has 4 aromatic rings. The van der Waals surface area contributed by atoms with Gasteiger partial charge in [0.05, 0.1) is 33.8 Å². The van der Waals surface area contributed by atoms with E-state index < -0.39 is 17.8 Å². The van der Waals surface area contributed by atoms with E-state index in [-0.39, 0.29) is 23.3 Å². The van der Waals surface area contributed by atoms with Gasteiger partial charge in [-0.05, 0) is 53.1 Å². The van der Waals surface area contributed by atoms with E-state index in [1.165, 1.54) is 24.3 Å². The molecule has 0 aliphatic rings. The molecule has 1 heterocycles. The highest BCUT2D eigenvalue weighted by molar-refractivity contribution is 6.42. The Kier molecular flexibility index (Phi) is 7.42. The van der Waals surface area contributed by atoms with E-state index in [4.69, 9.17) is 27.9 Å². The molecule has 176 valence electrons. The van der Waals surface area contributed by atoms with E-state index >= 15 is 0 Å². The van der Waals surface area contributed by atoms with Gasteiger partial charge >= 0.3 is 6.18 Å². The molecule has 0 saturated carbocycles. The number of ether oxygens (including phenoxy) is 1. The minimum atomic E-state index is -4.58. The molecule has 1 unspecified atom stereocenters. The first kappa shape index (κ1) is 24.7. The quantitative estimate of drug-likeness (QED) is 0.261. The molecular weight excluding hydrogens is 496 g/mol. The maximum atomic E-state index is 13.7. The normalized spacial score (nSPS) is 12.2. The number of alkyl halides is 3. The second-order valence-corrected chi connectivity index (χ2v) is 8.50. The van der Waals surface area contributed by atoms with Gasteiger partial charge in [-0.15, -0.1) is 0 Å². The molecule has 0 radical (unpaired) electrons. The number of hydrogen-bond acceptors (Lipinski definition) is 3. The van der Waals surface area contributed by atoms with Crippen molar-refractivity contribution in [3.63, 3.8) is 0 Å². The lowest BCUT2D eigenvalue weighted by atomic mass is 9.91. The van der Waals surface area contributed by atoms with Crippen molar-refractivity contribution in [2.75, 3.05) is 0 Å². The zero-order valence-electron chi connectivity index (χ0n) is 18.1. The Bertz CT molecular complexity index is 1390. The third-order valence-corrected chi connectivity index (χ3v) is 6.12. The molecule has 1 aromatic heterocycles. The minimum absolute atomic E-state index is 0.0761. The number of rotatable bonds is 6. The Hall–Kier alpha value is -3.37. The van der Waals surface area contributed by atoms with Gasteiger partial charge in [0.15, 0.2) is 0 Å². The lowest BCUT2D eigenvalue weighted by Gasteiger charge is -2.21. The average Bonchev–Trinajstić information content (AvgIpc) is 2.86. The van der Waals surface area contributed by atoms with E-state index in [0.717, 1.165) is 11.6 Å². The maximum Gasteiger partial charge on any atom is 0.417 e. The Morgan fingerprint density at radius 2 is 1.69 bits per heavy atom. The zero-order chi connectivity index (χ0) is 25.0. The molecule has 1 atom stereocenters. The van der Waals surface area contributed by atoms with Crippen LogP contribution in [0.15, 0.2) is 85.2 Å². The van der Waals surface area contributed by atoms with Crippen LogP contribution in [0.4, 0.5) is 13.2 Å². The fourth-order valence-corrected chi connectivity index (χ4v) is 4.06. The third kappa shape index (κ3) is 5.66. The van der Waals surface area contributed by atoms with Gasteiger partial charge in [0.1, 0.15) is 6.10 Å². The Labute approximate surface area is 210 Å². The third-order valence-electron chi connectivity index (χ3n) is 5.38. The predicted octanol–water partition coefficient (Wildman–Crippen LogP) is 8.25. The number of nitrogens with zero attached hydrogens (tertiary/aromatic N) is 2. The smallest absolute Gasteiger partial charge is 0.364 e. The first-order chi connectivity index (χ1) is 16.8. The highest BCUT2D eigenvalue weighted by Crippen LogP contribution is 2.39. The number of hydrogen-bond donors (Lipinski definition) is 0. The van der Waals surface area contributed by atoms with Crippen LogP contribution in [0.1, 0.15) is 33.9 Å². The minimum Gasteiger partial charge on any atom is -0.364 e. The van der Waals surface area contributed by atoms with Crippen LogP contribution in [0.5, 0.6) is 0 Å². The van der Waals surface area contributed by atoms with E-state index in [2.05, 4.69) is 4.98 Å². The first-order valence-corrected chi connectivity index (χ1v) is 11.2. The summed E-state index contributed by atoms with van der Waals surface area (Å²) in [6, 6.07) is 20.6. The largest absolute Gasteiger partial charge is 0.417 e. The van der Waals surface area contributed by atoms with Crippen LogP contribution < -0.4 is 0 Å². The van der Waals surface area contributed by atoms with Crippen molar-refractivity contribution in [2.45, 2.75) is 18.9 Å². The second-order valence-electron chi connectivity index (χ2n) is 7.69. The number of pyridine rings is 1. The number of benzene rings is 3. The summed E-state index contributed by atoms with van der Waals surface area (Å²) in [6.45, 7) is 0.158. The zero-order valence-corrected chi connectivity index (χ0v) is 19.6. The molecule has 4 rings (SSSR count). The summed E-state index contributed by atoms with van der Waals surface area (Å²) in [5.74, 6) is 0. The highest BCUT2D eigenvalue weighted by Gasteiger charge is 2.34. The van der Waals surface area contributed by atoms with Gasteiger partial charge in [0.25, 0.3) is 0 Å². The van der Waals surface area contributed by atoms with E-state index in [9.17, 15) is 18.4 Å². The molecule has 35 heavy (non-hydrogen) atoms. The van der Waals surface area contributed by atoms with Crippen LogP contribution in [0.25, 0.3) is 11.1 Å². The topological polar surface area (TPSA) is 45.9 Å². The SMILES string of the molecule is N#Cc1ccc(C(OCc2ccc(Cl)c(Cl)c2)c2cccnc2)cc1-c1ccccc1C(F)(F)F. The van der Waals surface area contributed by atoms with Crippen molar-refractivity contribution in [1.29, 1.82) is 5.26 Å². The van der Waals surface area contributed by atoms with Crippen molar-refractivity contribution in [2.24, 2.45) is 0 Å². The molecular formula is C27H17Cl2F3N2O. The fourth-order valence-electron chi connectivity index (χ4n) is 3.74. The van der Waals surface area contributed by atoms with E-state index in [1.807, 2.05) is 12.1 Å². The van der Waals surface area contributed by atoms with Crippen LogP contribution in [-0.4, -0.2) is 4.98 Å². The van der Waals surface area contributed by atoms with Crippen LogP contribution in [-0.2, 0) is 17.5 Å². The van der Waals surface area contributed by atoms with Crippen molar-refractivity contribution in [1.82, 2.24) is 4.98 Å². The van der Waals surface area contributed by atoms with Gasteiger partial charge in [-0.3, -0.25) is 4.98 Å². The molecule has 0 amide bonds.